The van der Waals surface area contributed by atoms with Crippen molar-refractivity contribution in [2.45, 2.75) is 32.3 Å². The van der Waals surface area contributed by atoms with Crippen LogP contribution in [0.4, 0.5) is 11.4 Å². The number of morpholine rings is 1. The van der Waals surface area contributed by atoms with Crippen LogP contribution in [0.2, 0.25) is 0 Å². The second-order valence-corrected chi connectivity index (χ2v) is 6.95. The Bertz CT molecular complexity index is 640. The second kappa shape index (κ2) is 9.71. The van der Waals surface area contributed by atoms with Crippen LogP contribution in [0.5, 0.6) is 0 Å². The van der Waals surface area contributed by atoms with Crippen molar-refractivity contribution in [3.05, 3.63) is 24.3 Å². The Morgan fingerprint density at radius 2 is 2.00 bits per heavy atom. The monoisotopic (exact) mass is 375 g/mol. The van der Waals surface area contributed by atoms with Crippen molar-refractivity contribution in [3.63, 3.8) is 0 Å². The van der Waals surface area contributed by atoms with E-state index in [0.717, 1.165) is 43.9 Å². The molecule has 0 aromatic heterocycles. The lowest BCUT2D eigenvalue weighted by Crippen LogP contribution is -2.39. The van der Waals surface area contributed by atoms with Gasteiger partial charge in [0.25, 0.3) is 0 Å². The minimum atomic E-state index is -0.0670. The molecule has 0 aliphatic carbocycles. The van der Waals surface area contributed by atoms with Gasteiger partial charge in [-0.25, -0.2) is 0 Å². The van der Waals surface area contributed by atoms with Gasteiger partial charge in [0.15, 0.2) is 0 Å². The molecule has 2 heterocycles. The van der Waals surface area contributed by atoms with E-state index in [-0.39, 0.29) is 24.3 Å². The first-order chi connectivity index (χ1) is 13.1. The van der Waals surface area contributed by atoms with Crippen LogP contribution in [-0.2, 0) is 19.1 Å². The highest BCUT2D eigenvalue weighted by molar-refractivity contribution is 5.96. The van der Waals surface area contributed by atoms with Crippen molar-refractivity contribution in [1.82, 2.24) is 5.32 Å². The standard InChI is InChI=1S/C20H29N3O4/c1-16(24)23(9-8-20(25)21-15-17-5-4-12-27-17)19-7-3-2-6-18(19)22-10-13-26-14-11-22/h2-3,6-7,17H,4-5,8-15H2,1H3,(H,21,25). The summed E-state index contributed by atoms with van der Waals surface area (Å²) in [6.45, 7) is 6.17. The summed E-state index contributed by atoms with van der Waals surface area (Å²) in [5.41, 5.74) is 1.86. The first-order valence-electron chi connectivity index (χ1n) is 9.73. The van der Waals surface area contributed by atoms with Gasteiger partial charge in [-0.2, -0.15) is 0 Å². The number of carbonyl (C=O) groups excluding carboxylic acids is 2. The quantitative estimate of drug-likeness (QED) is 0.783. The van der Waals surface area contributed by atoms with Crippen LogP contribution in [0, 0.1) is 0 Å². The molecule has 1 unspecified atom stereocenters. The molecule has 1 atom stereocenters. The van der Waals surface area contributed by atoms with Gasteiger partial charge in [-0.3, -0.25) is 9.59 Å². The number of para-hydroxylation sites is 2. The Balaban J connectivity index is 1.61. The van der Waals surface area contributed by atoms with Gasteiger partial charge >= 0.3 is 0 Å². The number of hydrogen-bond donors (Lipinski definition) is 1. The lowest BCUT2D eigenvalue weighted by atomic mass is 10.2. The Hall–Kier alpha value is -2.12. The van der Waals surface area contributed by atoms with E-state index in [1.165, 1.54) is 0 Å². The van der Waals surface area contributed by atoms with Crippen molar-refractivity contribution in [2.75, 3.05) is 55.8 Å². The number of nitrogens with zero attached hydrogens (tertiary/aromatic N) is 2. The van der Waals surface area contributed by atoms with E-state index in [1.54, 1.807) is 11.8 Å². The van der Waals surface area contributed by atoms with Crippen molar-refractivity contribution >= 4 is 23.2 Å². The first kappa shape index (κ1) is 19.6. The average molecular weight is 375 g/mol. The highest BCUT2D eigenvalue weighted by atomic mass is 16.5. The molecule has 0 bridgehead atoms. The minimum Gasteiger partial charge on any atom is -0.378 e. The number of anilines is 2. The summed E-state index contributed by atoms with van der Waals surface area (Å²) < 4.78 is 11.0. The maximum Gasteiger partial charge on any atom is 0.223 e. The van der Waals surface area contributed by atoms with Crippen LogP contribution in [-0.4, -0.2) is 63.9 Å². The third kappa shape index (κ3) is 5.43. The number of carbonyl (C=O) groups is 2. The highest BCUT2D eigenvalue weighted by Gasteiger charge is 2.21. The molecule has 0 radical (unpaired) electrons. The summed E-state index contributed by atoms with van der Waals surface area (Å²) in [4.78, 5) is 28.4. The molecule has 2 saturated heterocycles. The molecular formula is C20H29N3O4. The molecular weight excluding hydrogens is 346 g/mol. The smallest absolute Gasteiger partial charge is 0.223 e. The SMILES string of the molecule is CC(=O)N(CCC(=O)NCC1CCCO1)c1ccccc1N1CCOCC1. The maximum absolute atomic E-state index is 12.3. The fraction of sp³-hybridized carbons (Fsp3) is 0.600. The number of hydrogen-bond acceptors (Lipinski definition) is 5. The predicted molar refractivity (Wildman–Crippen MR) is 104 cm³/mol. The van der Waals surface area contributed by atoms with Crippen LogP contribution < -0.4 is 15.1 Å². The zero-order valence-electron chi connectivity index (χ0n) is 16.0. The molecule has 7 heteroatoms. The van der Waals surface area contributed by atoms with Crippen LogP contribution in [0.25, 0.3) is 0 Å². The van der Waals surface area contributed by atoms with E-state index in [4.69, 9.17) is 9.47 Å². The molecule has 3 rings (SSSR count). The Morgan fingerprint density at radius 3 is 2.70 bits per heavy atom. The summed E-state index contributed by atoms with van der Waals surface area (Å²) >= 11 is 0. The summed E-state index contributed by atoms with van der Waals surface area (Å²) in [6.07, 6.45) is 2.44. The van der Waals surface area contributed by atoms with E-state index in [9.17, 15) is 9.59 Å². The van der Waals surface area contributed by atoms with Crippen LogP contribution in [0.15, 0.2) is 24.3 Å². The molecule has 0 saturated carbocycles. The number of rotatable bonds is 7. The van der Waals surface area contributed by atoms with Gasteiger partial charge < -0.3 is 24.6 Å². The van der Waals surface area contributed by atoms with Crippen LogP contribution in [0.3, 0.4) is 0 Å². The Labute approximate surface area is 160 Å². The largest absolute Gasteiger partial charge is 0.378 e. The summed E-state index contributed by atoms with van der Waals surface area (Å²) in [6, 6.07) is 7.86. The normalized spacial score (nSPS) is 19.7. The molecule has 7 nitrogen and oxygen atoms in total. The van der Waals surface area contributed by atoms with Gasteiger partial charge in [-0.15, -0.1) is 0 Å². The van der Waals surface area contributed by atoms with Gasteiger partial charge in [0.2, 0.25) is 11.8 Å². The molecule has 1 N–H and O–H groups in total. The van der Waals surface area contributed by atoms with Crippen LogP contribution >= 0.6 is 0 Å². The van der Waals surface area contributed by atoms with E-state index >= 15 is 0 Å². The van der Waals surface area contributed by atoms with E-state index in [0.29, 0.717) is 26.3 Å². The number of nitrogens with one attached hydrogen (secondary N) is 1. The van der Waals surface area contributed by atoms with E-state index in [2.05, 4.69) is 10.2 Å². The predicted octanol–water partition coefficient (Wildman–Crippen LogP) is 1.56. The van der Waals surface area contributed by atoms with Crippen molar-refractivity contribution in [3.8, 4) is 0 Å². The molecule has 1 aromatic carbocycles. The number of benzene rings is 1. The number of ether oxygens (including phenoxy) is 2. The second-order valence-electron chi connectivity index (χ2n) is 6.95. The lowest BCUT2D eigenvalue weighted by Gasteiger charge is -2.33. The maximum atomic E-state index is 12.3. The zero-order valence-corrected chi connectivity index (χ0v) is 16.0. The molecule has 2 aliphatic heterocycles. The lowest BCUT2D eigenvalue weighted by molar-refractivity contribution is -0.121. The molecule has 1 aromatic rings. The summed E-state index contributed by atoms with van der Waals surface area (Å²) in [5.74, 6) is -0.122. The van der Waals surface area contributed by atoms with Gasteiger partial charge in [-0.1, -0.05) is 12.1 Å². The third-order valence-corrected chi connectivity index (χ3v) is 5.02. The van der Waals surface area contributed by atoms with Crippen LogP contribution in [0.1, 0.15) is 26.2 Å². The topological polar surface area (TPSA) is 71.1 Å². The van der Waals surface area contributed by atoms with Gasteiger partial charge in [0, 0.05) is 46.1 Å². The molecule has 2 amide bonds. The average Bonchev–Trinajstić information content (AvgIpc) is 3.21. The summed E-state index contributed by atoms with van der Waals surface area (Å²) in [7, 11) is 0. The van der Waals surface area contributed by atoms with Gasteiger partial charge in [0.05, 0.1) is 30.7 Å². The molecule has 27 heavy (non-hydrogen) atoms. The van der Waals surface area contributed by atoms with E-state index < -0.39 is 0 Å². The van der Waals surface area contributed by atoms with Crippen molar-refractivity contribution in [1.29, 1.82) is 0 Å². The fourth-order valence-corrected chi connectivity index (χ4v) is 3.55. The third-order valence-electron chi connectivity index (χ3n) is 5.02. The highest BCUT2D eigenvalue weighted by Crippen LogP contribution is 2.30. The van der Waals surface area contributed by atoms with E-state index in [1.807, 2.05) is 24.3 Å². The van der Waals surface area contributed by atoms with Crippen molar-refractivity contribution in [2.24, 2.45) is 0 Å². The van der Waals surface area contributed by atoms with Crippen molar-refractivity contribution < 1.29 is 19.1 Å². The Kier molecular flexibility index (Phi) is 7.06. The minimum absolute atomic E-state index is 0.0550. The molecule has 148 valence electrons. The first-order valence-corrected chi connectivity index (χ1v) is 9.73. The molecule has 0 spiro atoms. The van der Waals surface area contributed by atoms with Gasteiger partial charge in [-0.05, 0) is 25.0 Å². The molecule has 2 aliphatic rings. The zero-order chi connectivity index (χ0) is 19.1. The Morgan fingerprint density at radius 1 is 1.22 bits per heavy atom. The summed E-state index contributed by atoms with van der Waals surface area (Å²) in [5, 5.41) is 2.92. The number of amides is 2. The molecule has 2 fully saturated rings. The van der Waals surface area contributed by atoms with Gasteiger partial charge in [0.1, 0.15) is 0 Å². The fourth-order valence-electron chi connectivity index (χ4n) is 3.55.